The summed E-state index contributed by atoms with van der Waals surface area (Å²) in [5.74, 6) is -0.809. The molecule has 3 nitrogen and oxygen atoms in total. The Hall–Kier alpha value is -0.940. The van der Waals surface area contributed by atoms with Gasteiger partial charge >= 0.3 is 5.97 Å². The average molecular weight is 334 g/mol. The molecule has 1 atom stereocenters. The highest BCUT2D eigenvalue weighted by atomic mass is 35.5. The summed E-state index contributed by atoms with van der Waals surface area (Å²) in [6, 6.07) is 2.63. The first-order chi connectivity index (χ1) is 9.99. The number of benzene rings is 1. The molecular weight excluding hydrogens is 313 g/mol. The highest BCUT2D eigenvalue weighted by molar-refractivity contribution is 8.00. The molecule has 0 aliphatic heterocycles. The Morgan fingerprint density at radius 2 is 2.14 bits per heavy atom. The zero-order chi connectivity index (χ0) is 15.8. The Labute approximate surface area is 134 Å². The standard InChI is InChI=1S/C15H21ClFNO2S/c1-3-5-7-20-15(19)13(6-4-2)21-14-9-12(18)11(17)8-10(14)16/h8-9,13H,3-7,18H2,1-2H3. The molecule has 0 amide bonds. The van der Waals surface area contributed by atoms with Crippen LogP contribution >= 0.6 is 23.4 Å². The first-order valence-electron chi connectivity index (χ1n) is 7.07. The van der Waals surface area contributed by atoms with Crippen molar-refractivity contribution in [3.63, 3.8) is 0 Å². The summed E-state index contributed by atoms with van der Waals surface area (Å²) >= 11 is 7.28. The van der Waals surface area contributed by atoms with Crippen LogP contribution in [0.3, 0.4) is 0 Å². The maximum Gasteiger partial charge on any atom is 0.319 e. The number of halogens is 2. The molecule has 0 aromatic heterocycles. The van der Waals surface area contributed by atoms with Gasteiger partial charge in [0.25, 0.3) is 0 Å². The van der Waals surface area contributed by atoms with Crippen molar-refractivity contribution in [2.45, 2.75) is 49.7 Å². The number of thioether (sulfide) groups is 1. The smallest absolute Gasteiger partial charge is 0.319 e. The maximum atomic E-state index is 13.3. The van der Waals surface area contributed by atoms with Crippen LogP contribution in [-0.4, -0.2) is 17.8 Å². The van der Waals surface area contributed by atoms with Crippen LogP contribution in [0.15, 0.2) is 17.0 Å². The van der Waals surface area contributed by atoms with E-state index in [1.54, 1.807) is 0 Å². The summed E-state index contributed by atoms with van der Waals surface area (Å²) in [6.07, 6.45) is 3.33. The van der Waals surface area contributed by atoms with Gasteiger partial charge in [0, 0.05) is 4.90 Å². The van der Waals surface area contributed by atoms with Crippen molar-refractivity contribution in [1.82, 2.24) is 0 Å². The SMILES string of the molecule is CCCCOC(=O)C(CCC)Sc1cc(N)c(F)cc1Cl. The molecule has 1 aromatic carbocycles. The van der Waals surface area contributed by atoms with Gasteiger partial charge in [-0.3, -0.25) is 4.79 Å². The van der Waals surface area contributed by atoms with E-state index in [0.717, 1.165) is 19.3 Å². The normalized spacial score (nSPS) is 12.2. The second kappa shape index (κ2) is 9.15. The zero-order valence-corrected chi connectivity index (χ0v) is 13.9. The number of rotatable bonds is 8. The Bertz CT molecular complexity index is 485. The van der Waals surface area contributed by atoms with Crippen molar-refractivity contribution in [2.24, 2.45) is 0 Å². The third-order valence-corrected chi connectivity index (χ3v) is 4.61. The molecule has 21 heavy (non-hydrogen) atoms. The van der Waals surface area contributed by atoms with Crippen molar-refractivity contribution in [1.29, 1.82) is 0 Å². The van der Waals surface area contributed by atoms with E-state index >= 15 is 0 Å². The van der Waals surface area contributed by atoms with Gasteiger partial charge in [-0.1, -0.05) is 38.3 Å². The molecule has 0 radical (unpaired) electrons. The number of carbonyl (C=O) groups is 1. The fraction of sp³-hybridized carbons (Fsp3) is 0.533. The molecular formula is C15H21ClFNO2S. The number of nitrogen functional groups attached to an aromatic ring is 1. The average Bonchev–Trinajstić information content (AvgIpc) is 2.44. The second-order valence-corrected chi connectivity index (χ2v) is 6.37. The highest BCUT2D eigenvalue weighted by Crippen LogP contribution is 2.35. The summed E-state index contributed by atoms with van der Waals surface area (Å²) in [5.41, 5.74) is 5.57. The summed E-state index contributed by atoms with van der Waals surface area (Å²) < 4.78 is 18.6. The predicted molar refractivity (Wildman–Crippen MR) is 86.2 cm³/mol. The van der Waals surface area contributed by atoms with Gasteiger partial charge in [-0.25, -0.2) is 4.39 Å². The number of unbranched alkanes of at least 4 members (excludes halogenated alkanes) is 1. The third kappa shape index (κ3) is 5.75. The Morgan fingerprint density at radius 1 is 1.43 bits per heavy atom. The van der Waals surface area contributed by atoms with Crippen molar-refractivity contribution in [3.8, 4) is 0 Å². The fourth-order valence-electron chi connectivity index (χ4n) is 1.69. The first-order valence-corrected chi connectivity index (χ1v) is 8.33. The molecule has 0 aliphatic rings. The molecule has 1 unspecified atom stereocenters. The molecule has 1 aromatic rings. The van der Waals surface area contributed by atoms with Gasteiger partial charge in [0.2, 0.25) is 0 Å². The van der Waals surface area contributed by atoms with Crippen LogP contribution in [0.4, 0.5) is 10.1 Å². The maximum absolute atomic E-state index is 13.3. The first kappa shape index (κ1) is 18.1. The number of nitrogens with two attached hydrogens (primary N) is 1. The van der Waals surface area contributed by atoms with Crippen molar-refractivity contribution in [3.05, 3.63) is 23.0 Å². The van der Waals surface area contributed by atoms with Crippen LogP contribution in [0.2, 0.25) is 5.02 Å². The number of anilines is 1. The molecule has 0 aliphatic carbocycles. The van der Waals surface area contributed by atoms with E-state index in [0.29, 0.717) is 17.9 Å². The van der Waals surface area contributed by atoms with Gasteiger partial charge in [0.05, 0.1) is 17.3 Å². The number of hydrogen-bond acceptors (Lipinski definition) is 4. The molecule has 0 fully saturated rings. The van der Waals surface area contributed by atoms with Crippen LogP contribution in [0.5, 0.6) is 0 Å². The Balaban J connectivity index is 2.78. The molecule has 0 saturated heterocycles. The minimum Gasteiger partial charge on any atom is -0.465 e. The summed E-state index contributed by atoms with van der Waals surface area (Å²) in [4.78, 5) is 12.7. The number of carbonyl (C=O) groups excluding carboxylic acids is 1. The van der Waals surface area contributed by atoms with Crippen LogP contribution in [-0.2, 0) is 9.53 Å². The molecule has 6 heteroatoms. The van der Waals surface area contributed by atoms with E-state index in [2.05, 4.69) is 0 Å². The van der Waals surface area contributed by atoms with Crippen LogP contribution in [0, 0.1) is 5.82 Å². The van der Waals surface area contributed by atoms with E-state index < -0.39 is 5.82 Å². The molecule has 0 heterocycles. The summed E-state index contributed by atoms with van der Waals surface area (Å²) in [6.45, 7) is 4.45. The second-order valence-electron chi connectivity index (χ2n) is 4.72. The van der Waals surface area contributed by atoms with Gasteiger partial charge < -0.3 is 10.5 Å². The highest BCUT2D eigenvalue weighted by Gasteiger charge is 2.22. The quantitative estimate of drug-likeness (QED) is 0.325. The predicted octanol–water partition coefficient (Wildman–Crippen LogP) is 4.67. The molecule has 1 rings (SSSR count). The van der Waals surface area contributed by atoms with Gasteiger partial charge in [0.1, 0.15) is 11.1 Å². The lowest BCUT2D eigenvalue weighted by Crippen LogP contribution is -2.20. The van der Waals surface area contributed by atoms with Gasteiger partial charge in [-0.2, -0.15) is 0 Å². The van der Waals surface area contributed by atoms with Crippen molar-refractivity contribution in [2.75, 3.05) is 12.3 Å². The van der Waals surface area contributed by atoms with Crippen molar-refractivity contribution < 1.29 is 13.9 Å². The molecule has 0 spiro atoms. The molecule has 0 saturated carbocycles. The van der Waals surface area contributed by atoms with Crippen LogP contribution < -0.4 is 5.73 Å². The topological polar surface area (TPSA) is 52.3 Å². The zero-order valence-electron chi connectivity index (χ0n) is 12.3. The van der Waals surface area contributed by atoms with E-state index in [9.17, 15) is 9.18 Å². The Kier molecular flexibility index (Phi) is 7.89. The van der Waals surface area contributed by atoms with E-state index in [1.165, 1.54) is 23.9 Å². The largest absolute Gasteiger partial charge is 0.465 e. The Morgan fingerprint density at radius 3 is 2.76 bits per heavy atom. The van der Waals surface area contributed by atoms with Gasteiger partial charge in [-0.05, 0) is 25.0 Å². The molecule has 0 bridgehead atoms. The molecule has 118 valence electrons. The number of hydrogen-bond donors (Lipinski definition) is 1. The fourth-order valence-corrected chi connectivity index (χ4v) is 3.16. The van der Waals surface area contributed by atoms with E-state index in [1.807, 2.05) is 13.8 Å². The van der Waals surface area contributed by atoms with Gasteiger partial charge in [-0.15, -0.1) is 11.8 Å². The van der Waals surface area contributed by atoms with Crippen molar-refractivity contribution >= 4 is 35.0 Å². The lowest BCUT2D eigenvalue weighted by atomic mass is 10.2. The third-order valence-electron chi connectivity index (χ3n) is 2.88. The summed E-state index contributed by atoms with van der Waals surface area (Å²) in [7, 11) is 0. The van der Waals surface area contributed by atoms with Crippen LogP contribution in [0.1, 0.15) is 39.5 Å². The monoisotopic (exact) mass is 333 g/mol. The molecule has 2 N–H and O–H groups in total. The van der Waals surface area contributed by atoms with Crippen LogP contribution in [0.25, 0.3) is 0 Å². The lowest BCUT2D eigenvalue weighted by molar-refractivity contribution is -0.143. The minimum absolute atomic E-state index is 0.0245. The minimum atomic E-state index is -0.554. The summed E-state index contributed by atoms with van der Waals surface area (Å²) in [5, 5.41) is -0.0941. The lowest BCUT2D eigenvalue weighted by Gasteiger charge is -2.16. The van der Waals surface area contributed by atoms with E-state index in [4.69, 9.17) is 22.1 Å². The number of esters is 1. The van der Waals surface area contributed by atoms with E-state index in [-0.39, 0.29) is 21.9 Å². The number of ether oxygens (including phenoxy) is 1. The van der Waals surface area contributed by atoms with Gasteiger partial charge in [0.15, 0.2) is 0 Å².